The fourth-order valence-electron chi connectivity index (χ4n) is 3.00. The molecule has 0 fully saturated rings. The van der Waals surface area contributed by atoms with E-state index in [0.29, 0.717) is 38.8 Å². The lowest BCUT2D eigenvalue weighted by Crippen LogP contribution is -2.16. The van der Waals surface area contributed by atoms with Crippen LogP contribution in [0.1, 0.15) is 10.5 Å². The van der Waals surface area contributed by atoms with Gasteiger partial charge in [0, 0.05) is 18.3 Å². The van der Waals surface area contributed by atoms with E-state index in [1.165, 1.54) is 17.6 Å². The molecule has 1 N–H and O–H groups in total. The number of anilines is 1. The highest BCUT2D eigenvalue weighted by Gasteiger charge is 2.19. The smallest absolute Gasteiger partial charge is 0.272 e. The van der Waals surface area contributed by atoms with Crippen LogP contribution in [0.5, 0.6) is 5.75 Å². The molecular weight excluding hydrogens is 368 g/mol. The Morgan fingerprint density at radius 2 is 2.04 bits per heavy atom. The van der Waals surface area contributed by atoms with Gasteiger partial charge in [0.15, 0.2) is 0 Å². The largest absolute Gasteiger partial charge is 0.495 e. The van der Waals surface area contributed by atoms with Crippen LogP contribution in [0.25, 0.3) is 16.7 Å². The van der Waals surface area contributed by atoms with Gasteiger partial charge < -0.3 is 14.6 Å². The second kappa shape index (κ2) is 6.44. The molecule has 1 aromatic carbocycles. The van der Waals surface area contributed by atoms with Gasteiger partial charge in [0.2, 0.25) is 0 Å². The van der Waals surface area contributed by atoms with Gasteiger partial charge in [0.1, 0.15) is 22.7 Å². The number of rotatable bonds is 3. The number of aryl methyl sites for hydroxylation is 1. The van der Waals surface area contributed by atoms with Crippen LogP contribution >= 0.6 is 11.6 Å². The maximum absolute atomic E-state index is 12.8. The standard InChI is InChI=1S/C19H15ClN4O3/c1-23-14(18(25)21-13-9-11(20)6-7-15(13)27-2)10-12-17(23)22-16-5-3-4-8-24(16)19(12)26/h3-10H,1-2H3,(H,21,25). The Bertz CT molecular complexity index is 1260. The Balaban J connectivity index is 1.82. The molecule has 0 aliphatic rings. The van der Waals surface area contributed by atoms with E-state index in [-0.39, 0.29) is 5.56 Å². The molecule has 0 saturated heterocycles. The van der Waals surface area contributed by atoms with Crippen LogP contribution in [0, 0.1) is 0 Å². The average molecular weight is 383 g/mol. The molecule has 8 heteroatoms. The number of ether oxygens (including phenoxy) is 1. The molecule has 27 heavy (non-hydrogen) atoms. The van der Waals surface area contributed by atoms with Crippen LogP contribution < -0.4 is 15.6 Å². The molecule has 0 spiro atoms. The summed E-state index contributed by atoms with van der Waals surface area (Å²) >= 11 is 6.01. The number of halogens is 1. The van der Waals surface area contributed by atoms with Crippen molar-refractivity contribution >= 4 is 39.9 Å². The molecule has 4 aromatic rings. The predicted octanol–water partition coefficient (Wildman–Crippen LogP) is 3.10. The Morgan fingerprint density at radius 3 is 2.81 bits per heavy atom. The summed E-state index contributed by atoms with van der Waals surface area (Å²) in [6.45, 7) is 0. The van der Waals surface area contributed by atoms with Gasteiger partial charge in [-0.1, -0.05) is 17.7 Å². The molecule has 0 bridgehead atoms. The van der Waals surface area contributed by atoms with Crippen molar-refractivity contribution < 1.29 is 9.53 Å². The number of fused-ring (bicyclic) bond motifs is 2. The van der Waals surface area contributed by atoms with Crippen LogP contribution in [0.15, 0.2) is 53.5 Å². The number of hydrogen-bond donors (Lipinski definition) is 1. The first-order valence-electron chi connectivity index (χ1n) is 8.11. The molecular formula is C19H15ClN4O3. The number of carbonyl (C=O) groups is 1. The number of benzene rings is 1. The van der Waals surface area contributed by atoms with E-state index in [2.05, 4.69) is 10.3 Å². The summed E-state index contributed by atoms with van der Waals surface area (Å²) in [6.07, 6.45) is 1.65. The second-order valence-corrected chi connectivity index (χ2v) is 6.41. The van der Waals surface area contributed by atoms with Gasteiger partial charge in [0.25, 0.3) is 11.5 Å². The third kappa shape index (κ3) is 2.82. The molecule has 0 radical (unpaired) electrons. The number of methoxy groups -OCH3 is 1. The van der Waals surface area contributed by atoms with Crippen LogP contribution in [0.2, 0.25) is 5.02 Å². The molecule has 4 rings (SSSR count). The van der Waals surface area contributed by atoms with Crippen LogP contribution in [-0.4, -0.2) is 27.0 Å². The molecule has 1 amide bonds. The fraction of sp³-hybridized carbons (Fsp3) is 0.105. The molecule has 7 nitrogen and oxygen atoms in total. The van der Waals surface area contributed by atoms with Gasteiger partial charge in [0.05, 0.1) is 18.2 Å². The fourth-order valence-corrected chi connectivity index (χ4v) is 3.17. The summed E-state index contributed by atoms with van der Waals surface area (Å²) in [5.74, 6) is 0.0833. The van der Waals surface area contributed by atoms with E-state index < -0.39 is 5.91 Å². The first-order chi connectivity index (χ1) is 13.0. The van der Waals surface area contributed by atoms with Crippen LogP contribution in [0.4, 0.5) is 5.69 Å². The number of nitrogens with one attached hydrogen (secondary N) is 1. The van der Waals surface area contributed by atoms with Crippen LogP contribution in [-0.2, 0) is 7.05 Å². The quantitative estimate of drug-likeness (QED) is 0.590. The normalized spacial score (nSPS) is 11.1. The van der Waals surface area contributed by atoms with Crippen molar-refractivity contribution in [3.63, 3.8) is 0 Å². The summed E-state index contributed by atoms with van der Waals surface area (Å²) in [5.41, 5.74) is 1.46. The van der Waals surface area contributed by atoms with Crippen molar-refractivity contribution in [2.45, 2.75) is 0 Å². The SMILES string of the molecule is COc1ccc(Cl)cc1NC(=O)c1cc2c(=O)n3ccccc3nc2n1C. The minimum Gasteiger partial charge on any atom is -0.495 e. The molecule has 136 valence electrons. The topological polar surface area (TPSA) is 77.6 Å². The number of aromatic nitrogens is 3. The lowest BCUT2D eigenvalue weighted by molar-refractivity contribution is 0.101. The Hall–Kier alpha value is -3.32. The zero-order chi connectivity index (χ0) is 19.1. The molecule has 0 unspecified atom stereocenters. The van der Waals surface area contributed by atoms with Crippen molar-refractivity contribution in [1.29, 1.82) is 0 Å². The summed E-state index contributed by atoms with van der Waals surface area (Å²) in [5, 5.41) is 3.61. The predicted molar refractivity (Wildman–Crippen MR) is 104 cm³/mol. The zero-order valence-corrected chi connectivity index (χ0v) is 15.3. The van der Waals surface area contributed by atoms with Gasteiger partial charge in [-0.3, -0.25) is 14.0 Å². The van der Waals surface area contributed by atoms with Gasteiger partial charge in [-0.05, 0) is 36.4 Å². The van der Waals surface area contributed by atoms with Gasteiger partial charge in [-0.2, -0.15) is 0 Å². The number of carbonyl (C=O) groups excluding carboxylic acids is 1. The molecule has 0 atom stereocenters. The number of pyridine rings is 1. The second-order valence-electron chi connectivity index (χ2n) is 5.97. The van der Waals surface area contributed by atoms with Gasteiger partial charge in [-0.25, -0.2) is 4.98 Å². The summed E-state index contributed by atoms with van der Waals surface area (Å²) in [6, 6.07) is 11.8. The molecule has 0 saturated carbocycles. The molecule has 0 aliphatic carbocycles. The maximum Gasteiger partial charge on any atom is 0.272 e. The Kier molecular flexibility index (Phi) is 4.08. The summed E-state index contributed by atoms with van der Waals surface area (Å²) < 4.78 is 8.29. The first-order valence-corrected chi connectivity index (χ1v) is 8.49. The molecule has 3 aromatic heterocycles. The monoisotopic (exact) mass is 382 g/mol. The minimum atomic E-state index is -0.399. The number of nitrogens with zero attached hydrogens (tertiary/aromatic N) is 3. The third-order valence-electron chi connectivity index (χ3n) is 4.35. The highest BCUT2D eigenvalue weighted by atomic mass is 35.5. The molecule has 3 heterocycles. The van der Waals surface area contributed by atoms with E-state index >= 15 is 0 Å². The highest BCUT2D eigenvalue weighted by molar-refractivity contribution is 6.31. The third-order valence-corrected chi connectivity index (χ3v) is 4.59. The number of hydrogen-bond acceptors (Lipinski definition) is 4. The van der Waals surface area contributed by atoms with Crippen LogP contribution in [0.3, 0.4) is 0 Å². The van der Waals surface area contributed by atoms with Crippen molar-refractivity contribution in [3.05, 3.63) is 69.7 Å². The van der Waals surface area contributed by atoms with E-state index in [0.717, 1.165) is 0 Å². The average Bonchev–Trinajstić information content (AvgIpc) is 2.99. The van der Waals surface area contributed by atoms with Crippen molar-refractivity contribution in [2.24, 2.45) is 7.05 Å². The highest BCUT2D eigenvalue weighted by Crippen LogP contribution is 2.28. The van der Waals surface area contributed by atoms with E-state index in [4.69, 9.17) is 16.3 Å². The lowest BCUT2D eigenvalue weighted by Gasteiger charge is -2.11. The Labute approximate surface area is 158 Å². The number of amides is 1. The van der Waals surface area contributed by atoms with E-state index in [1.807, 2.05) is 0 Å². The lowest BCUT2D eigenvalue weighted by atomic mass is 10.2. The summed E-state index contributed by atoms with van der Waals surface area (Å²) in [4.78, 5) is 30.0. The maximum atomic E-state index is 12.8. The summed E-state index contributed by atoms with van der Waals surface area (Å²) in [7, 11) is 3.20. The van der Waals surface area contributed by atoms with Crippen molar-refractivity contribution in [1.82, 2.24) is 14.0 Å². The van der Waals surface area contributed by atoms with Gasteiger partial charge in [-0.15, -0.1) is 0 Å². The minimum absolute atomic E-state index is 0.231. The Morgan fingerprint density at radius 1 is 1.22 bits per heavy atom. The van der Waals surface area contributed by atoms with Crippen molar-refractivity contribution in [3.8, 4) is 5.75 Å². The first kappa shape index (κ1) is 17.1. The van der Waals surface area contributed by atoms with E-state index in [1.54, 1.807) is 54.2 Å². The van der Waals surface area contributed by atoms with E-state index in [9.17, 15) is 9.59 Å². The van der Waals surface area contributed by atoms with Gasteiger partial charge >= 0.3 is 0 Å². The molecule has 0 aliphatic heterocycles. The van der Waals surface area contributed by atoms with Crippen molar-refractivity contribution in [2.75, 3.05) is 12.4 Å². The zero-order valence-electron chi connectivity index (χ0n) is 14.6.